The van der Waals surface area contributed by atoms with Gasteiger partial charge in [0.15, 0.2) is 6.61 Å². The van der Waals surface area contributed by atoms with Gasteiger partial charge in [0.2, 0.25) is 0 Å². The molecule has 2 aromatic carbocycles. The first-order valence-electron chi connectivity index (χ1n) is 9.28. The van der Waals surface area contributed by atoms with Crippen molar-refractivity contribution >= 4 is 29.6 Å². The SMILES string of the molecule is C=CCOc1ccc(/C=C/C(=O)OCC(=O)Nc2ccccc2C(=O)OCC)cc1. The van der Waals surface area contributed by atoms with Crippen molar-refractivity contribution in [2.45, 2.75) is 6.92 Å². The lowest BCUT2D eigenvalue weighted by molar-refractivity contribution is -0.142. The van der Waals surface area contributed by atoms with Crippen LogP contribution in [0.4, 0.5) is 5.69 Å². The van der Waals surface area contributed by atoms with Gasteiger partial charge in [-0.15, -0.1) is 0 Å². The van der Waals surface area contributed by atoms with Crippen LogP contribution in [0.5, 0.6) is 5.75 Å². The monoisotopic (exact) mass is 409 g/mol. The third-order valence-corrected chi connectivity index (χ3v) is 3.70. The van der Waals surface area contributed by atoms with Crippen molar-refractivity contribution in [3.63, 3.8) is 0 Å². The van der Waals surface area contributed by atoms with Crippen LogP contribution in [0, 0.1) is 0 Å². The number of carbonyl (C=O) groups is 3. The van der Waals surface area contributed by atoms with E-state index in [1.54, 1.807) is 61.5 Å². The smallest absolute Gasteiger partial charge is 0.340 e. The fourth-order valence-corrected chi connectivity index (χ4v) is 2.34. The van der Waals surface area contributed by atoms with Crippen LogP contribution < -0.4 is 10.1 Å². The molecule has 0 aliphatic carbocycles. The molecule has 0 atom stereocenters. The average Bonchev–Trinajstić information content (AvgIpc) is 2.76. The summed E-state index contributed by atoms with van der Waals surface area (Å²) < 4.78 is 15.3. The molecule has 0 radical (unpaired) electrons. The average molecular weight is 409 g/mol. The highest BCUT2D eigenvalue weighted by Gasteiger charge is 2.14. The van der Waals surface area contributed by atoms with E-state index in [1.165, 1.54) is 12.1 Å². The molecule has 0 saturated carbocycles. The molecule has 0 bridgehead atoms. The molecule has 0 aliphatic rings. The van der Waals surface area contributed by atoms with Crippen molar-refractivity contribution in [3.05, 3.63) is 78.4 Å². The molecule has 0 fully saturated rings. The Hall–Kier alpha value is -3.87. The van der Waals surface area contributed by atoms with Gasteiger partial charge in [0, 0.05) is 6.08 Å². The summed E-state index contributed by atoms with van der Waals surface area (Å²) in [6, 6.07) is 13.5. The largest absolute Gasteiger partial charge is 0.490 e. The number of para-hydroxylation sites is 1. The van der Waals surface area contributed by atoms with E-state index in [4.69, 9.17) is 14.2 Å². The van der Waals surface area contributed by atoms with Crippen LogP contribution in [-0.4, -0.2) is 37.7 Å². The molecule has 30 heavy (non-hydrogen) atoms. The maximum Gasteiger partial charge on any atom is 0.340 e. The highest BCUT2D eigenvalue weighted by molar-refractivity contribution is 6.02. The molecule has 1 amide bonds. The van der Waals surface area contributed by atoms with Gasteiger partial charge in [-0.25, -0.2) is 9.59 Å². The van der Waals surface area contributed by atoms with Crippen LogP contribution in [0.25, 0.3) is 6.08 Å². The van der Waals surface area contributed by atoms with Crippen LogP contribution in [0.2, 0.25) is 0 Å². The van der Waals surface area contributed by atoms with Crippen molar-refractivity contribution in [3.8, 4) is 5.75 Å². The Morgan fingerprint density at radius 1 is 1.03 bits per heavy atom. The number of ether oxygens (including phenoxy) is 3. The zero-order chi connectivity index (χ0) is 21.8. The number of benzene rings is 2. The first-order valence-corrected chi connectivity index (χ1v) is 9.28. The molecule has 156 valence electrons. The Bertz CT molecular complexity index is 918. The molecule has 2 aromatic rings. The lowest BCUT2D eigenvalue weighted by Crippen LogP contribution is -2.21. The molecule has 1 N–H and O–H groups in total. The van der Waals surface area contributed by atoms with E-state index < -0.39 is 24.5 Å². The number of amides is 1. The van der Waals surface area contributed by atoms with Crippen molar-refractivity contribution in [1.82, 2.24) is 0 Å². The quantitative estimate of drug-likeness (QED) is 0.366. The third kappa shape index (κ3) is 7.27. The number of anilines is 1. The molecule has 0 aliphatic heterocycles. The summed E-state index contributed by atoms with van der Waals surface area (Å²) in [5, 5.41) is 2.54. The topological polar surface area (TPSA) is 90.9 Å². The molecule has 7 nitrogen and oxygen atoms in total. The lowest BCUT2D eigenvalue weighted by Gasteiger charge is -2.10. The summed E-state index contributed by atoms with van der Waals surface area (Å²) in [5.74, 6) is -1.10. The van der Waals surface area contributed by atoms with E-state index in [0.29, 0.717) is 12.4 Å². The number of hydrogen-bond donors (Lipinski definition) is 1. The number of rotatable bonds is 10. The van der Waals surface area contributed by atoms with Gasteiger partial charge in [0.25, 0.3) is 5.91 Å². The summed E-state index contributed by atoms with van der Waals surface area (Å²) in [6.45, 7) is 5.41. The maximum absolute atomic E-state index is 12.1. The molecule has 0 aromatic heterocycles. The first-order chi connectivity index (χ1) is 14.5. The molecule has 2 rings (SSSR count). The number of carbonyl (C=O) groups excluding carboxylic acids is 3. The lowest BCUT2D eigenvalue weighted by atomic mass is 10.2. The van der Waals surface area contributed by atoms with Crippen molar-refractivity contribution < 1.29 is 28.6 Å². The fourth-order valence-electron chi connectivity index (χ4n) is 2.34. The molecule has 0 heterocycles. The van der Waals surface area contributed by atoms with Gasteiger partial charge in [0.1, 0.15) is 12.4 Å². The summed E-state index contributed by atoms with van der Waals surface area (Å²) in [5.41, 5.74) is 1.27. The van der Waals surface area contributed by atoms with Crippen molar-refractivity contribution in [1.29, 1.82) is 0 Å². The maximum atomic E-state index is 12.1. The zero-order valence-electron chi connectivity index (χ0n) is 16.6. The van der Waals surface area contributed by atoms with Crippen molar-refractivity contribution in [2.24, 2.45) is 0 Å². The highest BCUT2D eigenvalue weighted by atomic mass is 16.5. The molecule has 0 saturated heterocycles. The Labute approximate surface area is 174 Å². The Balaban J connectivity index is 1.85. The summed E-state index contributed by atoms with van der Waals surface area (Å²) in [7, 11) is 0. The fraction of sp³-hybridized carbons (Fsp3) is 0.174. The van der Waals surface area contributed by atoms with Crippen LogP contribution in [0.3, 0.4) is 0 Å². The van der Waals surface area contributed by atoms with Crippen LogP contribution in [0.15, 0.2) is 67.3 Å². The number of esters is 2. The normalized spacial score (nSPS) is 10.3. The molecular weight excluding hydrogens is 386 g/mol. The second-order valence-electron chi connectivity index (χ2n) is 5.92. The van der Waals surface area contributed by atoms with E-state index in [-0.39, 0.29) is 17.9 Å². The first kappa shape index (κ1) is 22.4. The van der Waals surface area contributed by atoms with Gasteiger partial charge < -0.3 is 19.5 Å². The van der Waals surface area contributed by atoms with Gasteiger partial charge in [-0.3, -0.25) is 4.79 Å². The van der Waals surface area contributed by atoms with E-state index in [1.807, 2.05) is 0 Å². The van der Waals surface area contributed by atoms with E-state index in [9.17, 15) is 14.4 Å². The molecule has 0 unspecified atom stereocenters. The predicted octanol–water partition coefficient (Wildman–Crippen LogP) is 3.62. The van der Waals surface area contributed by atoms with Crippen LogP contribution in [0.1, 0.15) is 22.8 Å². The minimum absolute atomic E-state index is 0.218. The molecule has 7 heteroatoms. The number of nitrogens with one attached hydrogen (secondary N) is 1. The number of hydrogen-bond acceptors (Lipinski definition) is 6. The summed E-state index contributed by atoms with van der Waals surface area (Å²) in [6.07, 6.45) is 4.43. The van der Waals surface area contributed by atoms with E-state index in [2.05, 4.69) is 11.9 Å². The minimum Gasteiger partial charge on any atom is -0.490 e. The van der Waals surface area contributed by atoms with Gasteiger partial charge in [-0.2, -0.15) is 0 Å². The van der Waals surface area contributed by atoms with E-state index in [0.717, 1.165) is 5.56 Å². The zero-order valence-corrected chi connectivity index (χ0v) is 16.6. The predicted molar refractivity (Wildman–Crippen MR) is 113 cm³/mol. The van der Waals surface area contributed by atoms with Gasteiger partial charge in [-0.1, -0.05) is 36.9 Å². The Morgan fingerprint density at radius 3 is 2.47 bits per heavy atom. The van der Waals surface area contributed by atoms with E-state index >= 15 is 0 Å². The summed E-state index contributed by atoms with van der Waals surface area (Å²) >= 11 is 0. The molecular formula is C23H23NO6. The summed E-state index contributed by atoms with van der Waals surface area (Å²) in [4.78, 5) is 35.8. The third-order valence-electron chi connectivity index (χ3n) is 3.70. The van der Waals surface area contributed by atoms with Crippen molar-refractivity contribution in [2.75, 3.05) is 25.1 Å². The van der Waals surface area contributed by atoms with Crippen LogP contribution >= 0.6 is 0 Å². The van der Waals surface area contributed by atoms with Gasteiger partial charge >= 0.3 is 11.9 Å². The Kier molecular flexibility index (Phi) is 8.86. The molecule has 0 spiro atoms. The Morgan fingerprint density at radius 2 is 1.77 bits per heavy atom. The van der Waals surface area contributed by atoms with Gasteiger partial charge in [-0.05, 0) is 42.8 Å². The van der Waals surface area contributed by atoms with Crippen LogP contribution in [-0.2, 0) is 19.1 Å². The highest BCUT2D eigenvalue weighted by Crippen LogP contribution is 2.16. The van der Waals surface area contributed by atoms with Gasteiger partial charge in [0.05, 0.1) is 17.9 Å². The standard InChI is InChI=1S/C23H23NO6/c1-3-15-29-18-12-9-17(10-13-18)11-14-22(26)30-16-21(25)24-20-8-6-5-7-19(20)23(27)28-4-2/h3,5-14H,1,4,15-16H2,2H3,(H,24,25)/b14-11+. The second kappa shape index (κ2) is 11.9. The second-order valence-corrected chi connectivity index (χ2v) is 5.92. The minimum atomic E-state index is -0.671.